The fraction of sp³-hybridized carbons (Fsp3) is 0.133. The highest BCUT2D eigenvalue weighted by Gasteiger charge is 2.18. The molecule has 0 saturated carbocycles. The molecule has 98 valence electrons. The number of nitrogens with two attached hydrogens (primary N) is 1. The van der Waals surface area contributed by atoms with E-state index in [0.29, 0.717) is 5.56 Å². The molecule has 1 amide bonds. The van der Waals surface area contributed by atoms with Crippen molar-refractivity contribution in [1.29, 1.82) is 0 Å². The quantitative estimate of drug-likeness (QED) is 0.886. The second-order valence-corrected chi connectivity index (χ2v) is 4.35. The summed E-state index contributed by atoms with van der Waals surface area (Å²) in [6, 6.07) is 12.6. The third-order valence-corrected chi connectivity index (χ3v) is 2.91. The number of primary amides is 1. The fourth-order valence-corrected chi connectivity index (χ4v) is 1.90. The number of amides is 1. The Bertz CT molecular complexity index is 598. The minimum Gasteiger partial charge on any atom is -0.370 e. The predicted molar refractivity (Wildman–Crippen MR) is 73.1 cm³/mol. The Balaban J connectivity index is 2.32. The Morgan fingerprint density at radius 2 is 1.95 bits per heavy atom. The second kappa shape index (κ2) is 5.52. The first kappa shape index (κ1) is 13.1. The molecule has 0 aliphatic heterocycles. The van der Waals surface area contributed by atoms with E-state index in [2.05, 4.69) is 5.32 Å². The van der Waals surface area contributed by atoms with Crippen LogP contribution in [0.3, 0.4) is 0 Å². The van der Waals surface area contributed by atoms with Crippen molar-refractivity contribution in [1.82, 2.24) is 0 Å². The molecule has 0 aromatic heterocycles. The Morgan fingerprint density at radius 1 is 1.21 bits per heavy atom. The highest BCUT2D eigenvalue weighted by atomic mass is 19.1. The van der Waals surface area contributed by atoms with E-state index < -0.39 is 17.8 Å². The van der Waals surface area contributed by atoms with Crippen LogP contribution < -0.4 is 11.1 Å². The molecule has 0 aliphatic rings. The Morgan fingerprint density at radius 3 is 2.58 bits per heavy atom. The topological polar surface area (TPSA) is 55.1 Å². The van der Waals surface area contributed by atoms with Crippen molar-refractivity contribution in [2.45, 2.75) is 13.0 Å². The van der Waals surface area contributed by atoms with Crippen LogP contribution in [0, 0.1) is 12.7 Å². The van der Waals surface area contributed by atoms with E-state index in [9.17, 15) is 9.18 Å². The average Bonchev–Trinajstić information content (AvgIpc) is 2.37. The van der Waals surface area contributed by atoms with Gasteiger partial charge in [-0.3, -0.25) is 4.79 Å². The van der Waals surface area contributed by atoms with Crippen molar-refractivity contribution < 1.29 is 9.18 Å². The Kier molecular flexibility index (Phi) is 3.80. The van der Waals surface area contributed by atoms with Gasteiger partial charge in [0.2, 0.25) is 5.91 Å². The number of anilines is 1. The van der Waals surface area contributed by atoms with E-state index in [0.717, 1.165) is 11.3 Å². The van der Waals surface area contributed by atoms with Crippen molar-refractivity contribution >= 4 is 11.6 Å². The first-order chi connectivity index (χ1) is 9.08. The Hall–Kier alpha value is -2.36. The van der Waals surface area contributed by atoms with Gasteiger partial charge in [-0.25, -0.2) is 4.39 Å². The molecule has 1 unspecified atom stereocenters. The summed E-state index contributed by atoms with van der Waals surface area (Å²) in [7, 11) is 0. The summed E-state index contributed by atoms with van der Waals surface area (Å²) in [4.78, 5) is 11.6. The highest BCUT2D eigenvalue weighted by Crippen LogP contribution is 2.22. The molecule has 3 nitrogen and oxygen atoms in total. The minimum atomic E-state index is -0.753. The maximum absolute atomic E-state index is 13.2. The smallest absolute Gasteiger partial charge is 0.244 e. The number of carbonyl (C=O) groups excluding carboxylic acids is 1. The number of nitrogens with one attached hydrogen (secondary N) is 1. The van der Waals surface area contributed by atoms with E-state index in [1.54, 1.807) is 12.1 Å². The number of halogens is 1. The maximum Gasteiger partial charge on any atom is 0.244 e. The van der Waals surface area contributed by atoms with Gasteiger partial charge in [-0.2, -0.15) is 0 Å². The van der Waals surface area contributed by atoms with Gasteiger partial charge in [-0.1, -0.05) is 30.3 Å². The fourth-order valence-electron chi connectivity index (χ4n) is 1.90. The van der Waals surface area contributed by atoms with Gasteiger partial charge < -0.3 is 11.1 Å². The van der Waals surface area contributed by atoms with E-state index in [1.807, 2.05) is 31.2 Å². The number of benzene rings is 2. The molecule has 0 bridgehead atoms. The molecule has 0 spiro atoms. The lowest BCUT2D eigenvalue weighted by atomic mass is 10.0. The van der Waals surface area contributed by atoms with Gasteiger partial charge in [0.15, 0.2) is 0 Å². The Labute approximate surface area is 111 Å². The summed E-state index contributed by atoms with van der Waals surface area (Å²) in [5.74, 6) is -0.941. The lowest BCUT2D eigenvalue weighted by Gasteiger charge is -2.18. The summed E-state index contributed by atoms with van der Waals surface area (Å²) in [5.41, 5.74) is 7.70. The molecule has 0 aliphatic carbocycles. The monoisotopic (exact) mass is 258 g/mol. The molecular weight excluding hydrogens is 243 g/mol. The lowest BCUT2D eigenvalue weighted by Crippen LogP contribution is -2.28. The van der Waals surface area contributed by atoms with Gasteiger partial charge in [0.05, 0.1) is 0 Å². The van der Waals surface area contributed by atoms with Gasteiger partial charge in [0, 0.05) is 5.69 Å². The largest absolute Gasteiger partial charge is 0.370 e. The second-order valence-electron chi connectivity index (χ2n) is 4.35. The summed E-state index contributed by atoms with van der Waals surface area (Å²) < 4.78 is 13.2. The molecule has 1 atom stereocenters. The zero-order valence-electron chi connectivity index (χ0n) is 10.6. The molecule has 0 saturated heterocycles. The van der Waals surface area contributed by atoms with E-state index >= 15 is 0 Å². The van der Waals surface area contributed by atoms with Gasteiger partial charge in [-0.05, 0) is 36.2 Å². The summed E-state index contributed by atoms with van der Waals surface area (Å²) in [6.45, 7) is 1.92. The van der Waals surface area contributed by atoms with Crippen molar-refractivity contribution in [2.75, 3.05) is 5.32 Å². The molecule has 2 aromatic carbocycles. The van der Waals surface area contributed by atoms with Crippen molar-refractivity contribution in [3.05, 3.63) is 65.5 Å². The summed E-state index contributed by atoms with van der Waals surface area (Å²) in [6.07, 6.45) is 0. The van der Waals surface area contributed by atoms with Crippen molar-refractivity contribution in [3.63, 3.8) is 0 Å². The van der Waals surface area contributed by atoms with Gasteiger partial charge in [0.1, 0.15) is 11.9 Å². The standard InChI is InChI=1S/C15H15FN2O/c1-10-5-2-3-8-13(10)18-14(15(17)19)11-6-4-7-12(16)9-11/h2-9,14,18H,1H3,(H2,17,19). The summed E-state index contributed by atoms with van der Waals surface area (Å²) >= 11 is 0. The zero-order valence-corrected chi connectivity index (χ0v) is 10.6. The summed E-state index contributed by atoms with van der Waals surface area (Å²) in [5, 5.41) is 3.05. The lowest BCUT2D eigenvalue weighted by molar-refractivity contribution is -0.118. The van der Waals surface area contributed by atoms with E-state index in [-0.39, 0.29) is 0 Å². The normalized spacial score (nSPS) is 11.9. The highest BCUT2D eigenvalue weighted by molar-refractivity contribution is 5.84. The third kappa shape index (κ3) is 3.10. The molecule has 4 heteroatoms. The minimum absolute atomic E-state index is 0.393. The van der Waals surface area contributed by atoms with Crippen LogP contribution in [0.4, 0.5) is 10.1 Å². The van der Waals surface area contributed by atoms with Gasteiger partial charge >= 0.3 is 0 Å². The van der Waals surface area contributed by atoms with Crippen molar-refractivity contribution in [2.24, 2.45) is 5.73 Å². The molecular formula is C15H15FN2O. The number of hydrogen-bond acceptors (Lipinski definition) is 2. The van der Waals surface area contributed by atoms with Crippen LogP contribution >= 0.6 is 0 Å². The predicted octanol–water partition coefficient (Wildman–Crippen LogP) is 2.77. The molecule has 2 aromatic rings. The van der Waals surface area contributed by atoms with Crippen LogP contribution in [0.2, 0.25) is 0 Å². The van der Waals surface area contributed by atoms with Crippen LogP contribution in [-0.2, 0) is 4.79 Å². The maximum atomic E-state index is 13.2. The number of aryl methyl sites for hydroxylation is 1. The van der Waals surface area contributed by atoms with Gasteiger partial charge in [0.25, 0.3) is 0 Å². The number of carbonyl (C=O) groups is 1. The van der Waals surface area contributed by atoms with Gasteiger partial charge in [-0.15, -0.1) is 0 Å². The molecule has 19 heavy (non-hydrogen) atoms. The zero-order chi connectivity index (χ0) is 13.8. The number of para-hydroxylation sites is 1. The van der Waals surface area contributed by atoms with Crippen LogP contribution in [0.5, 0.6) is 0 Å². The van der Waals surface area contributed by atoms with Crippen molar-refractivity contribution in [3.8, 4) is 0 Å². The van der Waals surface area contributed by atoms with E-state index in [4.69, 9.17) is 5.73 Å². The first-order valence-corrected chi connectivity index (χ1v) is 5.95. The van der Waals surface area contributed by atoms with E-state index in [1.165, 1.54) is 12.1 Å². The molecule has 0 fully saturated rings. The van der Waals surface area contributed by atoms with Crippen LogP contribution in [-0.4, -0.2) is 5.91 Å². The molecule has 3 N–H and O–H groups in total. The SMILES string of the molecule is Cc1ccccc1NC(C(N)=O)c1cccc(F)c1. The average molecular weight is 258 g/mol. The molecule has 0 radical (unpaired) electrons. The third-order valence-electron chi connectivity index (χ3n) is 2.91. The first-order valence-electron chi connectivity index (χ1n) is 5.95. The number of hydrogen-bond donors (Lipinski definition) is 2. The van der Waals surface area contributed by atoms with Crippen LogP contribution in [0.1, 0.15) is 17.2 Å². The van der Waals surface area contributed by atoms with Crippen LogP contribution in [0.25, 0.3) is 0 Å². The molecule has 0 heterocycles. The molecule has 2 rings (SSSR count). The number of rotatable bonds is 4. The van der Waals surface area contributed by atoms with Crippen LogP contribution in [0.15, 0.2) is 48.5 Å².